The zero-order valence-electron chi connectivity index (χ0n) is 21.0. The van der Waals surface area contributed by atoms with Crippen LogP contribution >= 0.6 is 0 Å². The second-order valence-corrected chi connectivity index (χ2v) is 9.78. The largest absolute Gasteiger partial charge is 0.493 e. The average Bonchev–Trinajstić information content (AvgIpc) is 3.33. The summed E-state index contributed by atoms with van der Waals surface area (Å²) < 4.78 is 16.3. The number of nitrogens with zero attached hydrogens (tertiary/aromatic N) is 2. The predicted molar refractivity (Wildman–Crippen MR) is 133 cm³/mol. The first-order valence-electron chi connectivity index (χ1n) is 12.9. The van der Waals surface area contributed by atoms with Crippen molar-refractivity contribution < 1.29 is 23.5 Å². The molecule has 7 heteroatoms. The van der Waals surface area contributed by atoms with E-state index in [0.29, 0.717) is 43.3 Å². The van der Waals surface area contributed by atoms with Crippen LogP contribution in [0.25, 0.3) is 0 Å². The number of hydrogen-bond acceptors (Lipinski definition) is 5. The van der Waals surface area contributed by atoms with E-state index >= 15 is 0 Å². The smallest absolute Gasteiger partial charge is 0.242 e. The molecule has 2 aliphatic rings. The lowest BCUT2D eigenvalue weighted by Crippen LogP contribution is -2.44. The van der Waals surface area contributed by atoms with E-state index in [1.807, 2.05) is 35.2 Å². The molecule has 0 unspecified atom stereocenters. The summed E-state index contributed by atoms with van der Waals surface area (Å²) in [6, 6.07) is 9.73. The van der Waals surface area contributed by atoms with Crippen molar-refractivity contribution in [3.05, 3.63) is 47.9 Å². The van der Waals surface area contributed by atoms with Crippen molar-refractivity contribution in [1.82, 2.24) is 9.80 Å². The Bertz CT molecular complexity index is 964. The van der Waals surface area contributed by atoms with Gasteiger partial charge in [0.25, 0.3) is 0 Å². The van der Waals surface area contributed by atoms with Crippen LogP contribution in [0.15, 0.2) is 41.0 Å². The highest BCUT2D eigenvalue weighted by molar-refractivity contribution is 5.85. The van der Waals surface area contributed by atoms with Crippen LogP contribution in [0.3, 0.4) is 0 Å². The van der Waals surface area contributed by atoms with Gasteiger partial charge in [-0.1, -0.05) is 31.7 Å². The van der Waals surface area contributed by atoms with Crippen LogP contribution in [0.4, 0.5) is 0 Å². The zero-order valence-corrected chi connectivity index (χ0v) is 21.0. The zero-order chi connectivity index (χ0) is 24.6. The summed E-state index contributed by atoms with van der Waals surface area (Å²) in [6.45, 7) is 1.04. The molecule has 4 rings (SSSR count). The molecule has 1 aromatic heterocycles. The third-order valence-electron chi connectivity index (χ3n) is 7.25. The number of ether oxygens (including phenoxy) is 2. The normalized spacial score (nSPS) is 15.7. The molecule has 190 valence electrons. The van der Waals surface area contributed by atoms with Crippen LogP contribution in [-0.2, 0) is 22.6 Å². The van der Waals surface area contributed by atoms with Crippen LogP contribution in [-0.4, -0.2) is 55.0 Å². The topological polar surface area (TPSA) is 72.2 Å². The maximum Gasteiger partial charge on any atom is 0.242 e. The van der Waals surface area contributed by atoms with Gasteiger partial charge in [-0.15, -0.1) is 0 Å². The molecule has 2 aliphatic carbocycles. The Kier molecular flexibility index (Phi) is 8.72. The molecule has 2 saturated carbocycles. The number of methoxy groups -OCH3 is 2. The van der Waals surface area contributed by atoms with Gasteiger partial charge in [0.15, 0.2) is 11.5 Å². The van der Waals surface area contributed by atoms with Crippen molar-refractivity contribution in [1.29, 1.82) is 0 Å². The van der Waals surface area contributed by atoms with Crippen LogP contribution in [0, 0.1) is 5.92 Å². The van der Waals surface area contributed by atoms with Crippen LogP contribution in [0.2, 0.25) is 0 Å². The van der Waals surface area contributed by atoms with Gasteiger partial charge in [0.1, 0.15) is 12.3 Å². The third-order valence-corrected chi connectivity index (χ3v) is 7.25. The van der Waals surface area contributed by atoms with E-state index in [4.69, 9.17) is 13.9 Å². The van der Waals surface area contributed by atoms with Gasteiger partial charge in [0, 0.05) is 19.0 Å². The lowest BCUT2D eigenvalue weighted by Gasteiger charge is -2.28. The summed E-state index contributed by atoms with van der Waals surface area (Å²) in [5.41, 5.74) is 1.05. The van der Waals surface area contributed by atoms with E-state index in [-0.39, 0.29) is 24.4 Å². The summed E-state index contributed by atoms with van der Waals surface area (Å²) in [4.78, 5) is 30.2. The Labute approximate surface area is 208 Å². The molecule has 7 nitrogen and oxygen atoms in total. The van der Waals surface area contributed by atoms with Gasteiger partial charge in [0.05, 0.1) is 27.0 Å². The van der Waals surface area contributed by atoms with Crippen molar-refractivity contribution in [3.8, 4) is 11.5 Å². The molecule has 2 aromatic rings. The number of amides is 2. The Morgan fingerprint density at radius 2 is 1.77 bits per heavy atom. The highest BCUT2D eigenvalue weighted by Crippen LogP contribution is 2.31. The van der Waals surface area contributed by atoms with Crippen molar-refractivity contribution in [2.45, 2.75) is 70.4 Å². The predicted octanol–water partition coefficient (Wildman–Crippen LogP) is 4.83. The standard InChI is InChI=1S/C28H38N2O5/c1-33-25-13-9-22(18-26(25)34-2)15-16-29(19-24-8-5-17-35-24)28(32)20-30(23-11-12-23)27(31)14-10-21-6-3-4-7-21/h5,8-9,13,17-18,21,23H,3-4,6-7,10-12,14-16,19-20H2,1-2H3. The number of benzene rings is 1. The van der Waals surface area contributed by atoms with Crippen LogP contribution in [0.1, 0.15) is 62.7 Å². The Balaban J connectivity index is 1.40. The molecular formula is C28H38N2O5. The molecular weight excluding hydrogens is 444 g/mol. The summed E-state index contributed by atoms with van der Waals surface area (Å²) in [5, 5.41) is 0. The van der Waals surface area contributed by atoms with E-state index in [1.165, 1.54) is 25.7 Å². The Morgan fingerprint density at radius 1 is 1.00 bits per heavy atom. The second-order valence-electron chi connectivity index (χ2n) is 9.78. The van der Waals surface area contributed by atoms with Crippen molar-refractivity contribution >= 4 is 11.8 Å². The molecule has 0 bridgehead atoms. The lowest BCUT2D eigenvalue weighted by atomic mass is 10.0. The third kappa shape index (κ3) is 7.03. The van der Waals surface area contributed by atoms with Crippen molar-refractivity contribution in [2.24, 2.45) is 5.92 Å². The van der Waals surface area contributed by atoms with Gasteiger partial charge < -0.3 is 23.7 Å². The highest BCUT2D eigenvalue weighted by Gasteiger charge is 2.35. The summed E-state index contributed by atoms with van der Waals surface area (Å²) >= 11 is 0. The number of hydrogen-bond donors (Lipinski definition) is 0. The van der Waals surface area contributed by atoms with Gasteiger partial charge in [0.2, 0.25) is 11.8 Å². The van der Waals surface area contributed by atoms with Crippen LogP contribution in [0.5, 0.6) is 11.5 Å². The molecule has 0 spiro atoms. The molecule has 35 heavy (non-hydrogen) atoms. The van der Waals surface area contributed by atoms with E-state index in [9.17, 15) is 9.59 Å². The Morgan fingerprint density at radius 3 is 2.43 bits per heavy atom. The van der Waals surface area contributed by atoms with E-state index in [2.05, 4.69) is 0 Å². The van der Waals surface area contributed by atoms with Crippen molar-refractivity contribution in [2.75, 3.05) is 27.3 Å². The SMILES string of the molecule is COc1ccc(CCN(Cc2ccco2)C(=O)CN(C(=O)CCC2CCCC2)C2CC2)cc1OC. The second kappa shape index (κ2) is 12.1. The number of furan rings is 1. The lowest BCUT2D eigenvalue weighted by molar-refractivity contribution is -0.141. The minimum atomic E-state index is -0.0389. The van der Waals surface area contributed by atoms with Gasteiger partial charge in [-0.05, 0) is 61.4 Å². The first kappa shape index (κ1) is 25.1. The average molecular weight is 483 g/mol. The fourth-order valence-corrected chi connectivity index (χ4v) is 5.01. The van der Waals surface area contributed by atoms with E-state index < -0.39 is 0 Å². The molecule has 1 aromatic carbocycles. The summed E-state index contributed by atoms with van der Waals surface area (Å²) in [7, 11) is 3.23. The maximum absolute atomic E-state index is 13.5. The molecule has 0 radical (unpaired) electrons. The minimum absolute atomic E-state index is 0.0389. The monoisotopic (exact) mass is 482 g/mol. The Hall–Kier alpha value is -2.96. The summed E-state index contributed by atoms with van der Waals surface area (Å²) in [6.07, 6.45) is 10.8. The molecule has 1 heterocycles. The molecule has 0 saturated heterocycles. The van der Waals surface area contributed by atoms with Gasteiger partial charge in [-0.2, -0.15) is 0 Å². The first-order valence-corrected chi connectivity index (χ1v) is 12.9. The maximum atomic E-state index is 13.5. The van der Waals surface area contributed by atoms with E-state index in [1.54, 1.807) is 25.4 Å². The number of carbonyl (C=O) groups is 2. The molecule has 2 amide bonds. The van der Waals surface area contributed by atoms with Crippen molar-refractivity contribution in [3.63, 3.8) is 0 Å². The molecule has 0 aliphatic heterocycles. The quantitative estimate of drug-likeness (QED) is 0.409. The highest BCUT2D eigenvalue weighted by atomic mass is 16.5. The van der Waals surface area contributed by atoms with Gasteiger partial charge in [-0.25, -0.2) is 0 Å². The fraction of sp³-hybridized carbons (Fsp3) is 0.571. The molecule has 0 N–H and O–H groups in total. The van der Waals surface area contributed by atoms with Gasteiger partial charge >= 0.3 is 0 Å². The first-order chi connectivity index (χ1) is 17.1. The molecule has 0 atom stereocenters. The van der Waals surface area contributed by atoms with Crippen LogP contribution < -0.4 is 9.47 Å². The van der Waals surface area contributed by atoms with E-state index in [0.717, 1.165) is 30.6 Å². The number of rotatable bonds is 13. The fourth-order valence-electron chi connectivity index (χ4n) is 5.01. The van der Waals surface area contributed by atoms with Gasteiger partial charge in [-0.3, -0.25) is 9.59 Å². The number of carbonyl (C=O) groups excluding carboxylic acids is 2. The summed E-state index contributed by atoms with van der Waals surface area (Å²) in [5.74, 6) is 2.84. The molecule has 2 fully saturated rings. The minimum Gasteiger partial charge on any atom is -0.493 e.